The molecule has 0 saturated carbocycles. The Kier molecular flexibility index (Phi) is 5.45. The van der Waals surface area contributed by atoms with Crippen molar-refractivity contribution in [2.24, 2.45) is 0 Å². The minimum atomic E-state index is 0.730. The minimum Gasteiger partial charge on any atom is -0.493 e. The Balaban J connectivity index is 2.38. The van der Waals surface area contributed by atoms with E-state index in [4.69, 9.17) is 16.3 Å². The standard InChI is InChI=1S/C17H20ClNO/c1-3-10-20-17-7-5-4-6-15(17)13-8-9-16(18)14(11-13)12-19-2/h4-9,11,19H,3,10,12H2,1-2H3. The summed E-state index contributed by atoms with van der Waals surface area (Å²) in [5, 5.41) is 3.92. The Morgan fingerprint density at radius 3 is 2.70 bits per heavy atom. The third kappa shape index (κ3) is 3.53. The molecule has 1 N–H and O–H groups in total. The first kappa shape index (κ1) is 14.9. The quantitative estimate of drug-likeness (QED) is 0.844. The van der Waals surface area contributed by atoms with E-state index in [1.807, 2.05) is 37.4 Å². The Labute approximate surface area is 125 Å². The molecule has 0 fully saturated rings. The topological polar surface area (TPSA) is 21.3 Å². The van der Waals surface area contributed by atoms with Crippen molar-refractivity contribution >= 4 is 11.6 Å². The minimum absolute atomic E-state index is 0.730. The summed E-state index contributed by atoms with van der Waals surface area (Å²) in [5.74, 6) is 0.923. The number of hydrogen-bond acceptors (Lipinski definition) is 2. The fourth-order valence-electron chi connectivity index (χ4n) is 2.11. The number of nitrogens with one attached hydrogen (secondary N) is 1. The molecule has 0 unspecified atom stereocenters. The van der Waals surface area contributed by atoms with Crippen molar-refractivity contribution in [1.82, 2.24) is 5.32 Å². The largest absolute Gasteiger partial charge is 0.493 e. The first-order chi connectivity index (χ1) is 9.76. The maximum Gasteiger partial charge on any atom is 0.127 e. The Morgan fingerprint density at radius 1 is 1.15 bits per heavy atom. The van der Waals surface area contributed by atoms with Gasteiger partial charge in [-0.05, 0) is 42.8 Å². The Morgan fingerprint density at radius 2 is 1.95 bits per heavy atom. The highest BCUT2D eigenvalue weighted by atomic mass is 35.5. The third-order valence-electron chi connectivity index (χ3n) is 3.07. The molecule has 0 radical (unpaired) electrons. The number of para-hydroxylation sites is 1. The summed E-state index contributed by atoms with van der Waals surface area (Å²) in [5.41, 5.74) is 3.33. The molecule has 3 heteroatoms. The van der Waals surface area contributed by atoms with Gasteiger partial charge in [-0.1, -0.05) is 42.8 Å². The first-order valence-electron chi connectivity index (χ1n) is 6.91. The lowest BCUT2D eigenvalue weighted by Crippen LogP contribution is -2.05. The zero-order valence-corrected chi connectivity index (χ0v) is 12.7. The second-order valence-electron chi connectivity index (χ2n) is 4.68. The van der Waals surface area contributed by atoms with E-state index in [0.29, 0.717) is 0 Å². The molecule has 2 aromatic rings. The molecule has 0 saturated heterocycles. The molecule has 2 nitrogen and oxygen atoms in total. The molecule has 0 aliphatic carbocycles. The van der Waals surface area contributed by atoms with Gasteiger partial charge >= 0.3 is 0 Å². The number of benzene rings is 2. The second kappa shape index (κ2) is 7.32. The van der Waals surface area contributed by atoms with Crippen LogP contribution in [0.4, 0.5) is 0 Å². The van der Waals surface area contributed by atoms with Gasteiger partial charge in [0.15, 0.2) is 0 Å². The molecule has 0 atom stereocenters. The smallest absolute Gasteiger partial charge is 0.127 e. The lowest BCUT2D eigenvalue weighted by atomic mass is 10.0. The van der Waals surface area contributed by atoms with Crippen molar-refractivity contribution < 1.29 is 4.74 Å². The van der Waals surface area contributed by atoms with Crippen LogP contribution >= 0.6 is 11.6 Å². The van der Waals surface area contributed by atoms with E-state index < -0.39 is 0 Å². The predicted molar refractivity (Wildman–Crippen MR) is 85.4 cm³/mol. The highest BCUT2D eigenvalue weighted by Crippen LogP contribution is 2.32. The van der Waals surface area contributed by atoms with Gasteiger partial charge < -0.3 is 10.1 Å². The van der Waals surface area contributed by atoms with Gasteiger partial charge in [-0.3, -0.25) is 0 Å². The van der Waals surface area contributed by atoms with Crippen molar-refractivity contribution in [3.05, 3.63) is 53.1 Å². The van der Waals surface area contributed by atoms with E-state index in [0.717, 1.165) is 47.0 Å². The van der Waals surface area contributed by atoms with Gasteiger partial charge in [-0.2, -0.15) is 0 Å². The lowest BCUT2D eigenvalue weighted by molar-refractivity contribution is 0.318. The lowest BCUT2D eigenvalue weighted by Gasteiger charge is -2.12. The van der Waals surface area contributed by atoms with Crippen LogP contribution in [0.25, 0.3) is 11.1 Å². The third-order valence-corrected chi connectivity index (χ3v) is 3.44. The van der Waals surface area contributed by atoms with Gasteiger partial charge in [0.1, 0.15) is 5.75 Å². The van der Waals surface area contributed by atoms with Crippen molar-refractivity contribution in [2.75, 3.05) is 13.7 Å². The fourth-order valence-corrected chi connectivity index (χ4v) is 2.30. The number of ether oxygens (including phenoxy) is 1. The monoisotopic (exact) mass is 289 g/mol. The SMILES string of the molecule is CCCOc1ccccc1-c1ccc(Cl)c(CNC)c1. The second-order valence-corrected chi connectivity index (χ2v) is 5.09. The molecular weight excluding hydrogens is 270 g/mol. The van der Waals surface area contributed by atoms with E-state index in [1.165, 1.54) is 0 Å². The summed E-state index contributed by atoms with van der Waals surface area (Å²) < 4.78 is 5.82. The highest BCUT2D eigenvalue weighted by molar-refractivity contribution is 6.31. The average molecular weight is 290 g/mol. The maximum atomic E-state index is 6.21. The maximum absolute atomic E-state index is 6.21. The first-order valence-corrected chi connectivity index (χ1v) is 7.29. The molecule has 20 heavy (non-hydrogen) atoms. The molecule has 2 rings (SSSR count). The summed E-state index contributed by atoms with van der Waals surface area (Å²) in [7, 11) is 1.92. The zero-order chi connectivity index (χ0) is 14.4. The van der Waals surface area contributed by atoms with Gasteiger partial charge in [0.2, 0.25) is 0 Å². The van der Waals surface area contributed by atoms with Gasteiger partial charge in [0, 0.05) is 17.1 Å². The van der Waals surface area contributed by atoms with Crippen molar-refractivity contribution in [3.63, 3.8) is 0 Å². The van der Waals surface area contributed by atoms with Crippen LogP contribution < -0.4 is 10.1 Å². The molecule has 0 aromatic heterocycles. The molecule has 2 aromatic carbocycles. The molecule has 0 aliphatic heterocycles. The summed E-state index contributed by atoms with van der Waals surface area (Å²) in [6, 6.07) is 14.2. The highest BCUT2D eigenvalue weighted by Gasteiger charge is 2.08. The van der Waals surface area contributed by atoms with Crippen LogP contribution in [0.5, 0.6) is 5.75 Å². The number of hydrogen-bond donors (Lipinski definition) is 1. The Bertz CT molecular complexity index is 569. The van der Waals surface area contributed by atoms with E-state index >= 15 is 0 Å². The molecule has 0 amide bonds. The normalized spacial score (nSPS) is 10.6. The van der Waals surface area contributed by atoms with E-state index in [-0.39, 0.29) is 0 Å². The number of rotatable bonds is 6. The van der Waals surface area contributed by atoms with Crippen molar-refractivity contribution in [1.29, 1.82) is 0 Å². The van der Waals surface area contributed by atoms with Crippen LogP contribution in [0.2, 0.25) is 5.02 Å². The summed E-state index contributed by atoms with van der Waals surface area (Å²) >= 11 is 6.21. The van der Waals surface area contributed by atoms with Gasteiger partial charge in [-0.15, -0.1) is 0 Å². The van der Waals surface area contributed by atoms with Gasteiger partial charge in [-0.25, -0.2) is 0 Å². The summed E-state index contributed by atoms with van der Waals surface area (Å²) in [6.45, 7) is 3.59. The van der Waals surface area contributed by atoms with Crippen LogP contribution in [-0.2, 0) is 6.54 Å². The van der Waals surface area contributed by atoms with Crippen LogP contribution in [0.1, 0.15) is 18.9 Å². The van der Waals surface area contributed by atoms with Gasteiger partial charge in [0.05, 0.1) is 6.61 Å². The molecule has 0 bridgehead atoms. The van der Waals surface area contributed by atoms with Crippen LogP contribution in [0.15, 0.2) is 42.5 Å². The molecular formula is C17H20ClNO. The van der Waals surface area contributed by atoms with Crippen LogP contribution in [-0.4, -0.2) is 13.7 Å². The van der Waals surface area contributed by atoms with E-state index in [1.54, 1.807) is 0 Å². The summed E-state index contributed by atoms with van der Waals surface area (Å²) in [4.78, 5) is 0. The Hall–Kier alpha value is -1.51. The molecule has 0 aliphatic rings. The van der Waals surface area contributed by atoms with Gasteiger partial charge in [0.25, 0.3) is 0 Å². The van der Waals surface area contributed by atoms with Crippen LogP contribution in [0, 0.1) is 0 Å². The fraction of sp³-hybridized carbons (Fsp3) is 0.294. The van der Waals surface area contributed by atoms with E-state index in [9.17, 15) is 0 Å². The zero-order valence-electron chi connectivity index (χ0n) is 11.9. The molecule has 0 heterocycles. The van der Waals surface area contributed by atoms with Crippen molar-refractivity contribution in [3.8, 4) is 16.9 Å². The number of halogens is 1. The molecule has 0 spiro atoms. The van der Waals surface area contributed by atoms with Crippen LogP contribution in [0.3, 0.4) is 0 Å². The summed E-state index contributed by atoms with van der Waals surface area (Å²) in [6.07, 6.45) is 1.000. The van der Waals surface area contributed by atoms with E-state index in [2.05, 4.69) is 24.4 Å². The average Bonchev–Trinajstić information content (AvgIpc) is 2.48. The van der Waals surface area contributed by atoms with Crippen molar-refractivity contribution in [2.45, 2.75) is 19.9 Å². The predicted octanol–water partition coefficient (Wildman–Crippen LogP) is 4.52. The molecule has 106 valence electrons.